The average molecular weight is 255 g/mol. The van der Waals surface area contributed by atoms with Crippen LogP contribution >= 0.6 is 0 Å². The maximum absolute atomic E-state index is 6.05. The van der Waals surface area contributed by atoms with Crippen LogP contribution in [-0.4, -0.2) is 10.1 Å². The van der Waals surface area contributed by atoms with Crippen molar-refractivity contribution in [3.8, 4) is 11.4 Å². The lowest BCUT2D eigenvalue weighted by Gasteiger charge is -2.20. The molecule has 98 valence electrons. The molecule has 2 aromatic rings. The van der Waals surface area contributed by atoms with Gasteiger partial charge >= 0.3 is 0 Å². The normalized spacial score (nSPS) is 22.3. The third-order valence-electron chi connectivity index (χ3n) is 4.42. The number of nitrogens with two attached hydrogens (primary N) is 1. The molecule has 1 heterocycles. The third kappa shape index (κ3) is 1.78. The second-order valence-electron chi connectivity index (χ2n) is 5.64. The molecule has 4 heteroatoms. The molecule has 1 fully saturated rings. The molecule has 0 aliphatic heterocycles. The van der Waals surface area contributed by atoms with E-state index in [9.17, 15) is 0 Å². The lowest BCUT2D eigenvalue weighted by molar-refractivity contribution is 0.292. The maximum atomic E-state index is 6.05. The van der Waals surface area contributed by atoms with Crippen LogP contribution in [0.1, 0.15) is 54.7 Å². The van der Waals surface area contributed by atoms with Crippen molar-refractivity contribution in [2.24, 2.45) is 5.73 Å². The van der Waals surface area contributed by atoms with Gasteiger partial charge in [0.25, 0.3) is 0 Å². The van der Waals surface area contributed by atoms with E-state index >= 15 is 0 Å². The lowest BCUT2D eigenvalue weighted by atomic mass is 9.85. The second kappa shape index (κ2) is 4.17. The third-order valence-corrected chi connectivity index (χ3v) is 4.42. The summed E-state index contributed by atoms with van der Waals surface area (Å²) in [5.74, 6) is 2.01. The molecule has 19 heavy (non-hydrogen) atoms. The van der Waals surface area contributed by atoms with Crippen molar-refractivity contribution in [2.75, 3.05) is 0 Å². The molecule has 1 aromatic heterocycles. The molecule has 0 amide bonds. The molecule has 0 saturated heterocycles. The molecule has 2 aliphatic rings. The van der Waals surface area contributed by atoms with E-state index < -0.39 is 0 Å². The van der Waals surface area contributed by atoms with Gasteiger partial charge in [0.15, 0.2) is 0 Å². The van der Waals surface area contributed by atoms with Crippen LogP contribution in [0.3, 0.4) is 0 Å². The quantitative estimate of drug-likeness (QED) is 0.896. The molecular weight excluding hydrogens is 238 g/mol. The first-order chi connectivity index (χ1) is 9.31. The first-order valence-corrected chi connectivity index (χ1v) is 7.03. The summed E-state index contributed by atoms with van der Waals surface area (Å²) in [4.78, 5) is 4.54. The summed E-state index contributed by atoms with van der Waals surface area (Å²) in [6.45, 7) is 0. The van der Waals surface area contributed by atoms with Crippen molar-refractivity contribution in [1.29, 1.82) is 0 Å². The zero-order valence-electron chi connectivity index (χ0n) is 10.8. The Morgan fingerprint density at radius 2 is 2.11 bits per heavy atom. The summed E-state index contributed by atoms with van der Waals surface area (Å²) >= 11 is 0. The Hall–Kier alpha value is -1.68. The van der Waals surface area contributed by atoms with Gasteiger partial charge in [-0.05, 0) is 42.9 Å². The number of hydrogen-bond donors (Lipinski definition) is 1. The van der Waals surface area contributed by atoms with Gasteiger partial charge in [-0.3, -0.25) is 0 Å². The fraction of sp³-hybridized carbons (Fsp3) is 0.467. The van der Waals surface area contributed by atoms with Crippen LogP contribution in [0, 0.1) is 0 Å². The molecule has 0 radical (unpaired) electrons. The Bertz CT molecular complexity index is 616. The lowest BCUT2D eigenvalue weighted by Crippen LogP contribution is -2.08. The number of benzene rings is 1. The first-order valence-electron chi connectivity index (χ1n) is 7.03. The SMILES string of the molecule is N[C@@H]1CCc2cc(-c3noc(C4CCC4)n3)ccc21. The highest BCUT2D eigenvalue weighted by molar-refractivity contribution is 5.58. The maximum Gasteiger partial charge on any atom is 0.230 e. The van der Waals surface area contributed by atoms with E-state index in [1.165, 1.54) is 30.4 Å². The molecule has 0 bridgehead atoms. The van der Waals surface area contributed by atoms with Crippen molar-refractivity contribution in [3.05, 3.63) is 35.2 Å². The first kappa shape index (κ1) is 11.2. The molecule has 2 N–H and O–H groups in total. The van der Waals surface area contributed by atoms with Gasteiger partial charge in [-0.1, -0.05) is 23.7 Å². The highest BCUT2D eigenvalue weighted by Crippen LogP contribution is 2.36. The largest absolute Gasteiger partial charge is 0.339 e. The summed E-state index contributed by atoms with van der Waals surface area (Å²) in [7, 11) is 0. The van der Waals surface area contributed by atoms with Gasteiger partial charge in [0.1, 0.15) is 0 Å². The molecule has 0 spiro atoms. The highest BCUT2D eigenvalue weighted by atomic mass is 16.5. The molecule has 4 nitrogen and oxygen atoms in total. The van der Waals surface area contributed by atoms with Crippen molar-refractivity contribution in [3.63, 3.8) is 0 Å². The number of hydrogen-bond acceptors (Lipinski definition) is 4. The van der Waals surface area contributed by atoms with Gasteiger partial charge in [0.05, 0.1) is 0 Å². The van der Waals surface area contributed by atoms with Crippen LogP contribution in [0.2, 0.25) is 0 Å². The molecule has 0 unspecified atom stereocenters. The van der Waals surface area contributed by atoms with Gasteiger partial charge in [0, 0.05) is 17.5 Å². The molecule has 1 aromatic carbocycles. The van der Waals surface area contributed by atoms with Gasteiger partial charge in [-0.25, -0.2) is 0 Å². The van der Waals surface area contributed by atoms with Crippen LogP contribution in [0.4, 0.5) is 0 Å². The van der Waals surface area contributed by atoms with E-state index in [1.807, 2.05) is 0 Å². The van der Waals surface area contributed by atoms with Gasteiger partial charge in [-0.2, -0.15) is 4.98 Å². The minimum atomic E-state index is 0.194. The van der Waals surface area contributed by atoms with Crippen LogP contribution in [0.25, 0.3) is 11.4 Å². The summed E-state index contributed by atoms with van der Waals surface area (Å²) in [6.07, 6.45) is 5.73. The molecular formula is C15H17N3O. The Balaban J connectivity index is 1.67. The van der Waals surface area contributed by atoms with E-state index in [1.54, 1.807) is 0 Å². The predicted molar refractivity (Wildman–Crippen MR) is 71.6 cm³/mol. The van der Waals surface area contributed by atoms with E-state index in [4.69, 9.17) is 10.3 Å². The smallest absolute Gasteiger partial charge is 0.230 e. The van der Waals surface area contributed by atoms with E-state index in [0.29, 0.717) is 11.7 Å². The number of aromatic nitrogens is 2. The van der Waals surface area contributed by atoms with Crippen molar-refractivity contribution in [2.45, 2.75) is 44.1 Å². The number of fused-ring (bicyclic) bond motifs is 1. The van der Waals surface area contributed by atoms with Crippen molar-refractivity contribution < 1.29 is 4.52 Å². The zero-order chi connectivity index (χ0) is 12.8. The van der Waals surface area contributed by atoms with Crippen LogP contribution in [-0.2, 0) is 6.42 Å². The standard InChI is InChI=1S/C15H17N3O/c16-13-7-5-10-8-11(4-6-12(10)13)14-17-15(19-18-14)9-2-1-3-9/h4,6,8-9,13H,1-3,5,7,16H2/t13-/m1/s1. The van der Waals surface area contributed by atoms with Crippen molar-refractivity contribution in [1.82, 2.24) is 10.1 Å². The Labute approximate surface area is 112 Å². The topological polar surface area (TPSA) is 64.9 Å². The highest BCUT2D eigenvalue weighted by Gasteiger charge is 2.26. The second-order valence-corrected chi connectivity index (χ2v) is 5.64. The monoisotopic (exact) mass is 255 g/mol. The predicted octanol–water partition coefficient (Wildman–Crippen LogP) is 2.95. The van der Waals surface area contributed by atoms with E-state index in [0.717, 1.165) is 24.3 Å². The van der Waals surface area contributed by atoms with Crippen molar-refractivity contribution >= 4 is 0 Å². The molecule has 1 saturated carbocycles. The minimum absolute atomic E-state index is 0.194. The van der Waals surface area contributed by atoms with Gasteiger partial charge < -0.3 is 10.3 Å². The summed E-state index contributed by atoms with van der Waals surface area (Å²) in [5, 5.41) is 4.12. The molecule has 2 aliphatic carbocycles. The molecule has 4 rings (SSSR count). The van der Waals surface area contributed by atoms with Crippen LogP contribution < -0.4 is 5.73 Å². The molecule has 1 atom stereocenters. The number of nitrogens with zero attached hydrogens (tertiary/aromatic N) is 2. The Kier molecular flexibility index (Phi) is 2.45. The minimum Gasteiger partial charge on any atom is -0.339 e. The zero-order valence-corrected chi connectivity index (χ0v) is 10.8. The summed E-state index contributed by atoms with van der Waals surface area (Å²) in [5.41, 5.74) is 9.70. The fourth-order valence-corrected chi connectivity index (χ4v) is 2.96. The average Bonchev–Trinajstić information content (AvgIpc) is 2.95. The fourth-order valence-electron chi connectivity index (χ4n) is 2.96. The van der Waals surface area contributed by atoms with Crippen LogP contribution in [0.15, 0.2) is 22.7 Å². The number of rotatable bonds is 2. The number of aryl methyl sites for hydroxylation is 1. The van der Waals surface area contributed by atoms with Gasteiger partial charge in [0.2, 0.25) is 11.7 Å². The van der Waals surface area contributed by atoms with Crippen LogP contribution in [0.5, 0.6) is 0 Å². The van der Waals surface area contributed by atoms with Gasteiger partial charge in [-0.15, -0.1) is 0 Å². The Morgan fingerprint density at radius 3 is 2.89 bits per heavy atom. The van der Waals surface area contributed by atoms with E-state index in [2.05, 4.69) is 28.3 Å². The Morgan fingerprint density at radius 1 is 1.21 bits per heavy atom. The summed E-state index contributed by atoms with van der Waals surface area (Å²) in [6, 6.07) is 6.53. The summed E-state index contributed by atoms with van der Waals surface area (Å²) < 4.78 is 5.38. The van der Waals surface area contributed by atoms with E-state index in [-0.39, 0.29) is 6.04 Å².